The molecule has 0 atom stereocenters. The number of furan rings is 1. The number of fused-ring (bicyclic) bond motifs is 1. The van der Waals surface area contributed by atoms with Gasteiger partial charge in [-0.2, -0.15) is 0 Å². The molecule has 0 saturated heterocycles. The summed E-state index contributed by atoms with van der Waals surface area (Å²) in [6.07, 6.45) is 0. The van der Waals surface area contributed by atoms with Crippen molar-refractivity contribution < 1.29 is 18.7 Å². The average molecular weight is 208 g/mol. The molecule has 0 radical (unpaired) electrons. The van der Waals surface area contributed by atoms with Gasteiger partial charge in [-0.1, -0.05) is 0 Å². The van der Waals surface area contributed by atoms with Gasteiger partial charge in [-0.15, -0.1) is 0 Å². The van der Waals surface area contributed by atoms with Gasteiger partial charge in [0.05, 0.1) is 5.56 Å². The van der Waals surface area contributed by atoms with Crippen molar-refractivity contribution in [1.82, 2.24) is 0 Å². The van der Waals surface area contributed by atoms with Crippen LogP contribution in [0.4, 0.5) is 4.39 Å². The van der Waals surface area contributed by atoms with Crippen LogP contribution in [0.3, 0.4) is 0 Å². The molecule has 78 valence electrons. The number of hydrogen-bond donors (Lipinski definition) is 1. The molecule has 0 unspecified atom stereocenters. The zero-order valence-electron chi connectivity index (χ0n) is 8.30. The van der Waals surface area contributed by atoms with Crippen molar-refractivity contribution in [1.29, 1.82) is 0 Å². The topological polar surface area (TPSA) is 50.4 Å². The molecule has 0 spiro atoms. The quantitative estimate of drug-likeness (QED) is 0.783. The third-order valence-electron chi connectivity index (χ3n) is 2.49. The molecule has 0 aliphatic heterocycles. The Kier molecular flexibility index (Phi) is 2.00. The third-order valence-corrected chi connectivity index (χ3v) is 2.49. The van der Waals surface area contributed by atoms with E-state index in [0.29, 0.717) is 16.7 Å². The van der Waals surface area contributed by atoms with Crippen LogP contribution in [0.1, 0.15) is 21.7 Å². The maximum absolute atomic E-state index is 13.3. The number of benzene rings is 1. The van der Waals surface area contributed by atoms with Crippen molar-refractivity contribution in [3.63, 3.8) is 0 Å². The first-order valence-electron chi connectivity index (χ1n) is 4.43. The van der Waals surface area contributed by atoms with Crippen molar-refractivity contribution in [3.05, 3.63) is 34.8 Å². The summed E-state index contributed by atoms with van der Waals surface area (Å²) in [5, 5.41) is 9.40. The van der Waals surface area contributed by atoms with E-state index in [-0.39, 0.29) is 5.56 Å². The second-order valence-corrected chi connectivity index (χ2v) is 3.42. The zero-order chi connectivity index (χ0) is 11.2. The number of hydrogen-bond acceptors (Lipinski definition) is 2. The minimum absolute atomic E-state index is 0.327. The molecular weight excluding hydrogens is 199 g/mol. The average Bonchev–Trinajstić information content (AvgIpc) is 2.41. The van der Waals surface area contributed by atoms with Gasteiger partial charge in [-0.3, -0.25) is 0 Å². The van der Waals surface area contributed by atoms with E-state index in [4.69, 9.17) is 9.52 Å². The molecule has 2 aromatic rings. The molecular formula is C11H9FO3. The minimum atomic E-state index is -1.27. The predicted molar refractivity (Wildman–Crippen MR) is 52.6 cm³/mol. The van der Waals surface area contributed by atoms with Crippen molar-refractivity contribution in [2.45, 2.75) is 13.8 Å². The molecule has 1 heterocycles. The highest BCUT2D eigenvalue weighted by Crippen LogP contribution is 2.27. The van der Waals surface area contributed by atoms with Crippen LogP contribution in [0.2, 0.25) is 0 Å². The first-order valence-corrected chi connectivity index (χ1v) is 4.43. The lowest BCUT2D eigenvalue weighted by Gasteiger charge is -1.97. The number of carboxylic acid groups (broad SMARTS) is 1. The molecule has 3 nitrogen and oxygen atoms in total. The molecule has 0 fully saturated rings. The van der Waals surface area contributed by atoms with Crippen molar-refractivity contribution in [2.75, 3.05) is 0 Å². The van der Waals surface area contributed by atoms with Crippen LogP contribution in [0.5, 0.6) is 0 Å². The summed E-state index contributed by atoms with van der Waals surface area (Å²) in [4.78, 5) is 10.7. The Balaban J connectivity index is 2.83. The Bertz CT molecular complexity index is 554. The normalized spacial score (nSPS) is 10.9. The zero-order valence-corrected chi connectivity index (χ0v) is 8.30. The van der Waals surface area contributed by atoms with Gasteiger partial charge >= 0.3 is 5.97 Å². The summed E-state index contributed by atoms with van der Waals surface area (Å²) in [6, 6.07) is 2.41. The van der Waals surface area contributed by atoms with Crippen LogP contribution in [0.25, 0.3) is 11.0 Å². The number of carbonyl (C=O) groups is 1. The first kappa shape index (κ1) is 9.71. The van der Waals surface area contributed by atoms with Crippen LogP contribution in [0, 0.1) is 19.7 Å². The molecule has 1 N–H and O–H groups in total. The van der Waals surface area contributed by atoms with Crippen molar-refractivity contribution >= 4 is 16.9 Å². The summed E-state index contributed by atoms with van der Waals surface area (Å²) >= 11 is 0. The molecule has 2 rings (SSSR count). The molecule has 0 bridgehead atoms. The van der Waals surface area contributed by atoms with Gasteiger partial charge in [0.25, 0.3) is 0 Å². The Hall–Kier alpha value is -1.84. The van der Waals surface area contributed by atoms with E-state index < -0.39 is 11.8 Å². The van der Waals surface area contributed by atoms with E-state index in [1.807, 2.05) is 6.92 Å². The fourth-order valence-electron chi connectivity index (χ4n) is 1.53. The highest BCUT2D eigenvalue weighted by molar-refractivity contribution is 5.94. The Morgan fingerprint density at radius 1 is 1.40 bits per heavy atom. The van der Waals surface area contributed by atoms with E-state index in [2.05, 4.69) is 0 Å². The number of aromatic carboxylic acids is 1. The minimum Gasteiger partial charge on any atom is -0.478 e. The van der Waals surface area contributed by atoms with Crippen molar-refractivity contribution in [2.24, 2.45) is 0 Å². The molecule has 0 aliphatic carbocycles. The number of halogens is 1. The largest absolute Gasteiger partial charge is 0.478 e. The highest BCUT2D eigenvalue weighted by Gasteiger charge is 2.15. The lowest BCUT2D eigenvalue weighted by molar-refractivity contribution is 0.0692. The fourth-order valence-corrected chi connectivity index (χ4v) is 1.53. The molecule has 15 heavy (non-hydrogen) atoms. The highest BCUT2D eigenvalue weighted by atomic mass is 19.1. The van der Waals surface area contributed by atoms with Gasteiger partial charge in [0, 0.05) is 11.5 Å². The predicted octanol–water partition coefficient (Wildman–Crippen LogP) is 2.89. The lowest BCUT2D eigenvalue weighted by Crippen LogP contribution is -1.99. The van der Waals surface area contributed by atoms with Crippen LogP contribution < -0.4 is 0 Å². The SMILES string of the molecule is Cc1oc2cc(F)c(C(=O)O)cc2c1C. The smallest absolute Gasteiger partial charge is 0.338 e. The monoisotopic (exact) mass is 208 g/mol. The van der Waals surface area contributed by atoms with E-state index in [1.54, 1.807) is 6.92 Å². The lowest BCUT2D eigenvalue weighted by atomic mass is 10.1. The van der Waals surface area contributed by atoms with Crippen LogP contribution in [0.15, 0.2) is 16.5 Å². The molecule has 0 aliphatic rings. The van der Waals surface area contributed by atoms with E-state index in [0.717, 1.165) is 11.6 Å². The Morgan fingerprint density at radius 3 is 2.67 bits per heavy atom. The number of rotatable bonds is 1. The Labute approximate surface area is 85.1 Å². The van der Waals surface area contributed by atoms with Crippen molar-refractivity contribution in [3.8, 4) is 0 Å². The summed E-state index contributed by atoms with van der Waals surface area (Å²) in [5.41, 5.74) is 0.895. The van der Waals surface area contributed by atoms with E-state index in [1.165, 1.54) is 6.07 Å². The number of aryl methyl sites for hydroxylation is 2. The van der Waals surface area contributed by atoms with Gasteiger partial charge in [0.1, 0.15) is 17.2 Å². The van der Waals surface area contributed by atoms with Gasteiger partial charge in [0.15, 0.2) is 0 Å². The number of carboxylic acids is 1. The summed E-state index contributed by atoms with van der Waals surface area (Å²) in [6.45, 7) is 3.57. The standard InChI is InChI=1S/C11H9FO3/c1-5-6(2)15-10-4-9(12)8(11(13)14)3-7(5)10/h3-4H,1-2H3,(H,13,14). The Morgan fingerprint density at radius 2 is 2.07 bits per heavy atom. The maximum atomic E-state index is 13.3. The van der Waals surface area contributed by atoms with Crippen LogP contribution >= 0.6 is 0 Å². The van der Waals surface area contributed by atoms with Gasteiger partial charge in [-0.05, 0) is 25.5 Å². The first-order chi connectivity index (χ1) is 7.00. The molecule has 1 aromatic heterocycles. The molecule has 0 saturated carbocycles. The molecule has 1 aromatic carbocycles. The second kappa shape index (κ2) is 3.08. The summed E-state index contributed by atoms with van der Waals surface area (Å²) in [7, 11) is 0. The van der Waals surface area contributed by atoms with Gasteiger partial charge in [0.2, 0.25) is 0 Å². The van der Waals surface area contributed by atoms with Crippen LogP contribution in [-0.2, 0) is 0 Å². The van der Waals surface area contributed by atoms with Gasteiger partial charge < -0.3 is 9.52 Å². The van der Waals surface area contributed by atoms with Gasteiger partial charge in [-0.25, -0.2) is 9.18 Å². The van der Waals surface area contributed by atoms with E-state index in [9.17, 15) is 9.18 Å². The second-order valence-electron chi connectivity index (χ2n) is 3.42. The van der Waals surface area contributed by atoms with Crippen LogP contribution in [-0.4, -0.2) is 11.1 Å². The maximum Gasteiger partial charge on any atom is 0.338 e. The fraction of sp³-hybridized carbons (Fsp3) is 0.182. The summed E-state index contributed by atoms with van der Waals surface area (Å²) in [5.74, 6) is -1.37. The molecule has 0 amide bonds. The third kappa shape index (κ3) is 1.38. The molecule has 4 heteroatoms. The van der Waals surface area contributed by atoms with E-state index >= 15 is 0 Å². The summed E-state index contributed by atoms with van der Waals surface area (Å²) < 4.78 is 18.6.